The van der Waals surface area contributed by atoms with Crippen molar-refractivity contribution < 1.29 is 4.74 Å². The number of nitrogens with two attached hydrogens (primary N) is 1. The minimum atomic E-state index is -0.358. The number of benzene rings is 1. The summed E-state index contributed by atoms with van der Waals surface area (Å²) in [6.45, 7) is 3.14. The van der Waals surface area contributed by atoms with E-state index in [-0.39, 0.29) is 11.1 Å². The Hall–Kier alpha value is -2.58. The first-order chi connectivity index (χ1) is 10.7. The van der Waals surface area contributed by atoms with Gasteiger partial charge >= 0.3 is 0 Å². The van der Waals surface area contributed by atoms with Crippen LogP contribution in [-0.4, -0.2) is 18.1 Å². The number of ether oxygens (including phenoxy) is 1. The number of rotatable bonds is 6. The molecule has 0 amide bonds. The molecule has 1 aromatic heterocycles. The largest absolute Gasteiger partial charge is 0.494 e. The molecule has 1 aromatic carbocycles. The molecule has 2 rings (SSSR count). The maximum Gasteiger partial charge on any atom is 0.266 e. The second-order valence-corrected chi connectivity index (χ2v) is 5.03. The second-order valence-electron chi connectivity index (χ2n) is 5.03. The molecule has 0 saturated carbocycles. The highest BCUT2D eigenvalue weighted by molar-refractivity contribution is 5.67. The molecule has 0 unspecified atom stereocenters. The number of nitriles is 1. The number of hydrogen-bond acceptors (Lipinski definition) is 4. The Labute approximate surface area is 129 Å². The Kier molecular flexibility index (Phi) is 5.34. The summed E-state index contributed by atoms with van der Waals surface area (Å²) in [5.74, 6) is 0.795. The van der Waals surface area contributed by atoms with E-state index in [1.807, 2.05) is 37.3 Å². The highest BCUT2D eigenvalue weighted by Crippen LogP contribution is 2.24. The zero-order valence-electron chi connectivity index (χ0n) is 12.6. The third-order valence-electron chi connectivity index (χ3n) is 3.39. The molecular formula is C17H19N3O2. The van der Waals surface area contributed by atoms with Gasteiger partial charge in [-0.15, -0.1) is 0 Å². The van der Waals surface area contributed by atoms with Crippen molar-refractivity contribution in [1.82, 2.24) is 4.98 Å². The molecule has 114 valence electrons. The van der Waals surface area contributed by atoms with Gasteiger partial charge < -0.3 is 15.5 Å². The van der Waals surface area contributed by atoms with E-state index in [9.17, 15) is 4.79 Å². The quantitative estimate of drug-likeness (QED) is 0.800. The van der Waals surface area contributed by atoms with Crippen LogP contribution >= 0.6 is 0 Å². The number of unbranched alkanes of at least 4 members (excludes halogenated alkanes) is 1. The molecule has 5 heteroatoms. The van der Waals surface area contributed by atoms with Gasteiger partial charge in [0.05, 0.1) is 6.61 Å². The fourth-order valence-electron chi connectivity index (χ4n) is 2.17. The van der Waals surface area contributed by atoms with Gasteiger partial charge in [0.2, 0.25) is 0 Å². The van der Waals surface area contributed by atoms with E-state index in [2.05, 4.69) is 4.98 Å². The molecule has 0 bridgehead atoms. The maximum atomic E-state index is 11.6. The molecule has 0 spiro atoms. The molecule has 0 aliphatic heterocycles. The second kappa shape index (κ2) is 7.43. The normalized spacial score (nSPS) is 10.2. The standard InChI is InChI=1S/C17H19N3O2/c1-12-16(10-14(11-19)17(21)20-12)13-4-6-15(7-5-13)22-9-3-2-8-18/h4-7,10H,2-3,8-9,18H2,1H3,(H,20,21). The lowest BCUT2D eigenvalue weighted by Crippen LogP contribution is -2.11. The van der Waals surface area contributed by atoms with Gasteiger partial charge in [-0.3, -0.25) is 4.79 Å². The fourth-order valence-corrected chi connectivity index (χ4v) is 2.17. The summed E-state index contributed by atoms with van der Waals surface area (Å²) in [4.78, 5) is 14.3. The molecule has 1 heterocycles. The van der Waals surface area contributed by atoms with Crippen LogP contribution in [0.25, 0.3) is 11.1 Å². The maximum absolute atomic E-state index is 11.6. The van der Waals surface area contributed by atoms with Crippen molar-refractivity contribution in [3.8, 4) is 22.9 Å². The third kappa shape index (κ3) is 3.74. The van der Waals surface area contributed by atoms with Gasteiger partial charge in [0.25, 0.3) is 5.56 Å². The summed E-state index contributed by atoms with van der Waals surface area (Å²) in [5.41, 5.74) is 7.70. The number of hydrogen-bond donors (Lipinski definition) is 2. The lowest BCUT2D eigenvalue weighted by atomic mass is 10.0. The molecule has 0 atom stereocenters. The summed E-state index contributed by atoms with van der Waals surface area (Å²) in [7, 11) is 0. The Morgan fingerprint density at radius 2 is 2.00 bits per heavy atom. The van der Waals surface area contributed by atoms with Crippen LogP contribution in [0, 0.1) is 18.3 Å². The Morgan fingerprint density at radius 3 is 2.64 bits per heavy atom. The average Bonchev–Trinajstić information content (AvgIpc) is 2.53. The molecular weight excluding hydrogens is 278 g/mol. The van der Waals surface area contributed by atoms with Crippen molar-refractivity contribution in [1.29, 1.82) is 5.26 Å². The number of nitrogens with zero attached hydrogens (tertiary/aromatic N) is 1. The van der Waals surface area contributed by atoms with Gasteiger partial charge in [0, 0.05) is 11.3 Å². The first kappa shape index (κ1) is 15.8. The Balaban J connectivity index is 2.17. The molecule has 0 fully saturated rings. The van der Waals surface area contributed by atoms with Crippen LogP contribution < -0.4 is 16.0 Å². The Bertz CT molecular complexity index is 727. The van der Waals surface area contributed by atoms with Crippen molar-refractivity contribution in [2.24, 2.45) is 5.73 Å². The average molecular weight is 297 g/mol. The zero-order valence-corrected chi connectivity index (χ0v) is 12.6. The summed E-state index contributed by atoms with van der Waals surface area (Å²) in [6, 6.07) is 11.1. The minimum Gasteiger partial charge on any atom is -0.494 e. The van der Waals surface area contributed by atoms with Gasteiger partial charge in [0.15, 0.2) is 0 Å². The monoisotopic (exact) mass is 297 g/mol. The molecule has 0 saturated heterocycles. The lowest BCUT2D eigenvalue weighted by molar-refractivity contribution is 0.308. The van der Waals surface area contributed by atoms with E-state index >= 15 is 0 Å². The van der Waals surface area contributed by atoms with Crippen LogP contribution in [0.5, 0.6) is 5.75 Å². The third-order valence-corrected chi connectivity index (χ3v) is 3.39. The summed E-state index contributed by atoms with van der Waals surface area (Å²) < 4.78 is 5.63. The summed E-state index contributed by atoms with van der Waals surface area (Å²) in [6.07, 6.45) is 1.88. The van der Waals surface area contributed by atoms with E-state index in [0.29, 0.717) is 13.2 Å². The van der Waals surface area contributed by atoms with Crippen LogP contribution in [0.1, 0.15) is 24.1 Å². The molecule has 0 aliphatic carbocycles. The van der Waals surface area contributed by atoms with E-state index in [4.69, 9.17) is 15.7 Å². The number of H-pyrrole nitrogens is 1. The smallest absolute Gasteiger partial charge is 0.266 e. The first-order valence-corrected chi connectivity index (χ1v) is 7.23. The number of aryl methyl sites for hydroxylation is 1. The molecule has 2 aromatic rings. The van der Waals surface area contributed by atoms with Crippen LogP contribution in [0.4, 0.5) is 0 Å². The van der Waals surface area contributed by atoms with Crippen molar-refractivity contribution in [2.75, 3.05) is 13.2 Å². The predicted octanol–water partition coefficient (Wildman–Crippen LogP) is 2.34. The zero-order chi connectivity index (χ0) is 15.9. The summed E-state index contributed by atoms with van der Waals surface area (Å²) >= 11 is 0. The van der Waals surface area contributed by atoms with E-state index in [1.165, 1.54) is 0 Å². The minimum absolute atomic E-state index is 0.114. The molecule has 5 nitrogen and oxygen atoms in total. The first-order valence-electron chi connectivity index (χ1n) is 7.23. The summed E-state index contributed by atoms with van der Waals surface area (Å²) in [5, 5.41) is 8.97. The number of aromatic amines is 1. The van der Waals surface area contributed by atoms with Gasteiger partial charge in [-0.2, -0.15) is 5.26 Å². The lowest BCUT2D eigenvalue weighted by Gasteiger charge is -2.09. The van der Waals surface area contributed by atoms with Crippen molar-refractivity contribution >= 4 is 0 Å². The molecule has 0 aliphatic rings. The topological polar surface area (TPSA) is 91.9 Å². The van der Waals surface area contributed by atoms with E-state index in [0.717, 1.165) is 35.4 Å². The van der Waals surface area contributed by atoms with Gasteiger partial charge in [-0.1, -0.05) is 12.1 Å². The van der Waals surface area contributed by atoms with Crippen molar-refractivity contribution in [2.45, 2.75) is 19.8 Å². The number of aromatic nitrogens is 1. The van der Waals surface area contributed by atoms with E-state index < -0.39 is 0 Å². The Morgan fingerprint density at radius 1 is 1.27 bits per heavy atom. The van der Waals surface area contributed by atoms with Crippen molar-refractivity contribution in [3.05, 3.63) is 51.9 Å². The predicted molar refractivity (Wildman–Crippen MR) is 85.7 cm³/mol. The van der Waals surface area contributed by atoms with Crippen LogP contribution in [-0.2, 0) is 0 Å². The number of pyridine rings is 1. The highest BCUT2D eigenvalue weighted by Gasteiger charge is 2.07. The van der Waals surface area contributed by atoms with Gasteiger partial charge in [-0.05, 0) is 50.1 Å². The number of nitrogens with one attached hydrogen (secondary N) is 1. The fraction of sp³-hybridized carbons (Fsp3) is 0.294. The molecule has 22 heavy (non-hydrogen) atoms. The molecule has 0 radical (unpaired) electrons. The van der Waals surface area contributed by atoms with Crippen molar-refractivity contribution in [3.63, 3.8) is 0 Å². The van der Waals surface area contributed by atoms with Crippen LogP contribution in [0.3, 0.4) is 0 Å². The van der Waals surface area contributed by atoms with Gasteiger partial charge in [0.1, 0.15) is 17.4 Å². The highest BCUT2D eigenvalue weighted by atomic mass is 16.5. The molecule has 3 N–H and O–H groups in total. The van der Waals surface area contributed by atoms with E-state index in [1.54, 1.807) is 6.07 Å². The SMILES string of the molecule is Cc1[nH]c(=O)c(C#N)cc1-c1ccc(OCCCCN)cc1. The van der Waals surface area contributed by atoms with Gasteiger partial charge in [-0.25, -0.2) is 0 Å². The van der Waals surface area contributed by atoms with Crippen LogP contribution in [0.15, 0.2) is 35.1 Å². The van der Waals surface area contributed by atoms with Crippen LogP contribution in [0.2, 0.25) is 0 Å².